The Morgan fingerprint density at radius 2 is 1.74 bits per heavy atom. The third-order valence-corrected chi connectivity index (χ3v) is 6.13. The minimum absolute atomic E-state index is 0.0428. The van der Waals surface area contributed by atoms with Crippen molar-refractivity contribution in [3.63, 3.8) is 0 Å². The first-order valence-electron chi connectivity index (χ1n) is 10.6. The Bertz CT molecular complexity index is 1140. The zero-order chi connectivity index (χ0) is 21.4. The van der Waals surface area contributed by atoms with Crippen LogP contribution in [0.2, 0.25) is 0 Å². The SMILES string of the molecule is O=C1c2ccccc2C(=O)c2c1n[n+]([O-])n2CCC[NH+]1CCN(c2cccc[nH+]2)CC1. The minimum atomic E-state index is -0.368. The fraction of sp³-hybridized carbons (Fsp3) is 0.318. The van der Waals surface area contributed by atoms with Gasteiger partial charge in [-0.2, -0.15) is 0 Å². The Labute approximate surface area is 179 Å². The van der Waals surface area contributed by atoms with Crippen molar-refractivity contribution in [2.75, 3.05) is 37.6 Å². The van der Waals surface area contributed by atoms with Crippen molar-refractivity contribution in [2.24, 2.45) is 0 Å². The smallest absolute Gasteiger partial charge is 0.274 e. The molecule has 0 atom stereocenters. The Balaban J connectivity index is 1.23. The molecular formula is C22H24N6O3+2. The first-order valence-corrected chi connectivity index (χ1v) is 10.6. The number of quaternary nitrogens is 1. The number of fused-ring (bicyclic) bond motifs is 2. The summed E-state index contributed by atoms with van der Waals surface area (Å²) in [5.41, 5.74) is 0.710. The molecule has 0 unspecified atom stereocenters. The molecule has 158 valence electrons. The van der Waals surface area contributed by atoms with E-state index in [-0.39, 0.29) is 23.0 Å². The van der Waals surface area contributed by atoms with Crippen molar-refractivity contribution < 1.29 is 24.4 Å². The van der Waals surface area contributed by atoms with Gasteiger partial charge in [0.05, 0.1) is 19.3 Å². The van der Waals surface area contributed by atoms with E-state index < -0.39 is 0 Å². The van der Waals surface area contributed by atoms with Crippen molar-refractivity contribution >= 4 is 17.4 Å². The molecule has 3 heterocycles. The van der Waals surface area contributed by atoms with Crippen LogP contribution in [-0.4, -0.2) is 54.1 Å². The van der Waals surface area contributed by atoms with Gasteiger partial charge in [0.15, 0.2) is 5.69 Å². The van der Waals surface area contributed by atoms with E-state index in [2.05, 4.69) is 21.0 Å². The highest BCUT2D eigenvalue weighted by atomic mass is 16.5. The highest BCUT2D eigenvalue weighted by molar-refractivity contribution is 6.26. The Hall–Kier alpha value is -3.59. The molecule has 3 aromatic rings. The summed E-state index contributed by atoms with van der Waals surface area (Å²) < 4.78 is 1.31. The predicted octanol–water partition coefficient (Wildman–Crippen LogP) is -1.10. The Morgan fingerprint density at radius 1 is 1.03 bits per heavy atom. The summed E-state index contributed by atoms with van der Waals surface area (Å²) in [6.07, 6.45) is 2.66. The van der Waals surface area contributed by atoms with Crippen molar-refractivity contribution in [3.05, 3.63) is 76.4 Å². The third-order valence-electron chi connectivity index (χ3n) is 6.13. The van der Waals surface area contributed by atoms with Gasteiger partial charge in [0, 0.05) is 33.7 Å². The number of hydrogen-bond acceptors (Lipinski definition) is 5. The molecule has 0 radical (unpaired) electrons. The highest BCUT2D eigenvalue weighted by Crippen LogP contribution is 2.25. The zero-order valence-corrected chi connectivity index (χ0v) is 17.1. The molecule has 1 aliphatic carbocycles. The third kappa shape index (κ3) is 3.46. The van der Waals surface area contributed by atoms with Gasteiger partial charge in [0.25, 0.3) is 5.82 Å². The molecule has 1 aromatic carbocycles. The number of nitrogens with zero attached hydrogens (tertiary/aromatic N) is 4. The molecule has 5 rings (SSSR count). The van der Waals surface area contributed by atoms with E-state index in [1.54, 1.807) is 24.3 Å². The number of aromatic amines is 1. The summed E-state index contributed by atoms with van der Waals surface area (Å²) in [7, 11) is 0. The molecule has 2 N–H and O–H groups in total. The predicted molar refractivity (Wildman–Crippen MR) is 110 cm³/mol. The molecule has 0 amide bonds. The number of piperazine rings is 1. The van der Waals surface area contributed by atoms with Crippen LogP contribution < -0.4 is 19.7 Å². The summed E-state index contributed by atoms with van der Waals surface area (Å²) in [6.45, 7) is 5.17. The van der Waals surface area contributed by atoms with Crippen LogP contribution in [-0.2, 0) is 6.54 Å². The number of ketones is 2. The maximum atomic E-state index is 12.9. The van der Waals surface area contributed by atoms with Crippen LogP contribution in [0, 0.1) is 5.21 Å². The van der Waals surface area contributed by atoms with E-state index in [4.69, 9.17) is 0 Å². The van der Waals surface area contributed by atoms with E-state index in [1.807, 2.05) is 18.3 Å². The van der Waals surface area contributed by atoms with E-state index in [1.165, 1.54) is 9.58 Å². The van der Waals surface area contributed by atoms with Gasteiger partial charge in [0.2, 0.25) is 17.3 Å². The second-order valence-electron chi connectivity index (χ2n) is 7.97. The molecule has 9 heteroatoms. The highest BCUT2D eigenvalue weighted by Gasteiger charge is 2.39. The summed E-state index contributed by atoms with van der Waals surface area (Å²) in [5, 5.41) is 16.2. The normalized spacial score (nSPS) is 16.3. The van der Waals surface area contributed by atoms with Crippen molar-refractivity contribution in [1.29, 1.82) is 0 Å². The van der Waals surface area contributed by atoms with Gasteiger partial charge in [-0.1, -0.05) is 30.3 Å². The monoisotopic (exact) mass is 420 g/mol. The van der Waals surface area contributed by atoms with Gasteiger partial charge in [-0.15, -0.1) is 4.68 Å². The second-order valence-corrected chi connectivity index (χ2v) is 7.97. The van der Waals surface area contributed by atoms with Crippen LogP contribution in [0.15, 0.2) is 48.7 Å². The zero-order valence-electron chi connectivity index (χ0n) is 17.1. The lowest BCUT2D eigenvalue weighted by Crippen LogP contribution is -3.15. The van der Waals surface area contributed by atoms with E-state index in [9.17, 15) is 14.8 Å². The van der Waals surface area contributed by atoms with Gasteiger partial charge in [0.1, 0.15) is 26.2 Å². The van der Waals surface area contributed by atoms with Crippen LogP contribution in [0.5, 0.6) is 0 Å². The fourth-order valence-electron chi connectivity index (χ4n) is 4.48. The lowest BCUT2D eigenvalue weighted by Gasteiger charge is -2.28. The van der Waals surface area contributed by atoms with Crippen LogP contribution >= 0.6 is 0 Å². The maximum Gasteiger partial charge on any atom is 0.274 e. The number of carbonyl (C=O) groups excluding carboxylic acids is 2. The number of aromatic nitrogens is 4. The molecule has 0 bridgehead atoms. The Morgan fingerprint density at radius 3 is 2.45 bits per heavy atom. The van der Waals surface area contributed by atoms with Crippen molar-refractivity contribution in [2.45, 2.75) is 13.0 Å². The first kappa shape index (κ1) is 19.4. The number of benzene rings is 1. The molecule has 1 aliphatic heterocycles. The lowest BCUT2D eigenvalue weighted by atomic mass is 9.90. The molecule has 0 spiro atoms. The minimum Gasteiger partial charge on any atom is -0.571 e. The number of nitrogens with one attached hydrogen (secondary N) is 2. The van der Waals surface area contributed by atoms with Gasteiger partial charge in [-0.25, -0.2) is 4.98 Å². The lowest BCUT2D eigenvalue weighted by molar-refractivity contribution is -0.901. The summed E-state index contributed by atoms with van der Waals surface area (Å²) in [6, 6.07) is 12.7. The molecular weight excluding hydrogens is 396 g/mol. The topological polar surface area (TPSA) is 101 Å². The van der Waals surface area contributed by atoms with Crippen LogP contribution in [0.25, 0.3) is 0 Å². The number of pyridine rings is 1. The van der Waals surface area contributed by atoms with Crippen molar-refractivity contribution in [3.8, 4) is 0 Å². The van der Waals surface area contributed by atoms with E-state index in [0.29, 0.717) is 22.6 Å². The second kappa shape index (κ2) is 7.92. The van der Waals surface area contributed by atoms with Crippen molar-refractivity contribution in [1.82, 2.24) is 9.78 Å². The van der Waals surface area contributed by atoms with Gasteiger partial charge in [-0.05, 0) is 6.07 Å². The van der Waals surface area contributed by atoms with Gasteiger partial charge >= 0.3 is 0 Å². The average Bonchev–Trinajstić information content (AvgIpc) is 3.15. The van der Waals surface area contributed by atoms with E-state index >= 15 is 0 Å². The quantitative estimate of drug-likeness (QED) is 0.326. The number of rotatable bonds is 5. The standard InChI is InChI=1S/C22H22N6O3/c29-21-16-6-1-2-7-17(16)22(30)20-19(21)24-28(31)27(20)11-5-10-25-12-14-26(15-13-25)18-8-3-4-9-23-18/h1-4,6-9H,5,10-15H2/p+2. The molecule has 0 saturated carbocycles. The molecule has 31 heavy (non-hydrogen) atoms. The number of anilines is 1. The average molecular weight is 420 g/mol. The van der Waals surface area contributed by atoms with Gasteiger partial charge in [-0.3, -0.25) is 14.5 Å². The Kier molecular flexibility index (Phi) is 4.95. The van der Waals surface area contributed by atoms with Crippen LogP contribution in [0.1, 0.15) is 38.5 Å². The van der Waals surface area contributed by atoms with Crippen LogP contribution in [0.4, 0.5) is 5.82 Å². The largest absolute Gasteiger partial charge is 0.571 e. The number of H-pyrrole nitrogens is 1. The number of carbonyl (C=O) groups is 2. The molecule has 1 saturated heterocycles. The maximum absolute atomic E-state index is 12.9. The molecule has 9 nitrogen and oxygen atoms in total. The summed E-state index contributed by atoms with van der Waals surface area (Å²) in [4.78, 5) is 33.1. The number of hydrogen-bond donors (Lipinski definition) is 1. The van der Waals surface area contributed by atoms with Crippen LogP contribution in [0.3, 0.4) is 0 Å². The summed E-state index contributed by atoms with van der Waals surface area (Å²) in [5.74, 6) is 0.447. The molecule has 2 aliphatic rings. The molecule has 1 fully saturated rings. The summed E-state index contributed by atoms with van der Waals surface area (Å²) >= 11 is 0. The fourth-order valence-corrected chi connectivity index (χ4v) is 4.48. The molecule has 2 aromatic heterocycles. The van der Waals surface area contributed by atoms with Gasteiger partial charge < -0.3 is 10.1 Å². The van der Waals surface area contributed by atoms with E-state index in [0.717, 1.165) is 45.0 Å². The first-order chi connectivity index (χ1) is 15.1.